The molecule has 2 heterocycles. The van der Waals surface area contributed by atoms with Crippen LogP contribution >= 0.6 is 11.8 Å². The third kappa shape index (κ3) is 3.18. The van der Waals surface area contributed by atoms with E-state index in [2.05, 4.69) is 15.3 Å². The number of thioether (sulfide) groups is 1. The van der Waals surface area contributed by atoms with Crippen molar-refractivity contribution in [2.75, 3.05) is 5.75 Å². The molecule has 1 N–H and O–H groups in total. The Morgan fingerprint density at radius 1 is 1.08 bits per heavy atom. The molecule has 0 radical (unpaired) electrons. The summed E-state index contributed by atoms with van der Waals surface area (Å²) < 4.78 is 3.68. The summed E-state index contributed by atoms with van der Waals surface area (Å²) in [4.78, 5) is 11.0. The summed E-state index contributed by atoms with van der Waals surface area (Å²) in [5.74, 6) is -0.279. The molecule has 0 bridgehead atoms. The Kier molecular flexibility index (Phi) is 4.40. The van der Waals surface area contributed by atoms with Crippen LogP contribution in [0.2, 0.25) is 0 Å². The van der Waals surface area contributed by atoms with Gasteiger partial charge in [0.1, 0.15) is 6.54 Å². The Hall–Kier alpha value is -3.13. The zero-order valence-electron chi connectivity index (χ0n) is 13.7. The van der Waals surface area contributed by atoms with Crippen LogP contribution < -0.4 is 0 Å². The Morgan fingerprint density at radius 3 is 2.73 bits per heavy atom. The van der Waals surface area contributed by atoms with Crippen LogP contribution in [0.1, 0.15) is 5.82 Å². The zero-order valence-corrected chi connectivity index (χ0v) is 14.5. The molecule has 8 heteroatoms. The van der Waals surface area contributed by atoms with Gasteiger partial charge >= 0.3 is 5.97 Å². The van der Waals surface area contributed by atoms with E-state index in [1.165, 1.54) is 0 Å². The van der Waals surface area contributed by atoms with E-state index in [9.17, 15) is 4.79 Å². The summed E-state index contributed by atoms with van der Waals surface area (Å²) in [7, 11) is 0. The second-order valence-corrected chi connectivity index (χ2v) is 6.56. The molecule has 0 saturated heterocycles. The second-order valence-electron chi connectivity index (χ2n) is 5.62. The van der Waals surface area contributed by atoms with Crippen molar-refractivity contribution in [2.45, 2.75) is 11.7 Å². The Labute approximate surface area is 153 Å². The highest BCUT2D eigenvalue weighted by atomic mass is 32.2. The molecule has 4 aromatic rings. The van der Waals surface area contributed by atoms with Crippen molar-refractivity contribution in [3.63, 3.8) is 0 Å². The van der Waals surface area contributed by atoms with Crippen molar-refractivity contribution in [1.29, 1.82) is 0 Å². The van der Waals surface area contributed by atoms with Crippen LogP contribution in [0.25, 0.3) is 16.5 Å². The van der Waals surface area contributed by atoms with Gasteiger partial charge in [-0.1, -0.05) is 48.2 Å². The van der Waals surface area contributed by atoms with Crippen molar-refractivity contribution < 1.29 is 9.90 Å². The largest absolute Gasteiger partial charge is 0.481 e. The predicted molar refractivity (Wildman–Crippen MR) is 98.6 cm³/mol. The molecule has 0 aliphatic heterocycles. The number of nitrogens with zero attached hydrogens (tertiary/aromatic N) is 5. The smallest absolute Gasteiger partial charge is 0.313 e. The predicted octanol–water partition coefficient (Wildman–Crippen LogP) is 2.84. The Morgan fingerprint density at radius 2 is 1.92 bits per heavy atom. The summed E-state index contributed by atoms with van der Waals surface area (Å²) in [6.07, 6.45) is 3.56. The van der Waals surface area contributed by atoms with Gasteiger partial charge in [-0.15, -0.1) is 10.2 Å². The Balaban J connectivity index is 1.85. The molecular formula is C18H15N5O2S. The van der Waals surface area contributed by atoms with Crippen LogP contribution in [0.3, 0.4) is 0 Å². The number of hydrogen-bond donors (Lipinski definition) is 1. The number of aromatic nitrogens is 5. The highest BCUT2D eigenvalue weighted by molar-refractivity contribution is 7.99. The first-order chi connectivity index (χ1) is 12.7. The highest BCUT2D eigenvalue weighted by Gasteiger charge is 2.17. The fraction of sp³-hybridized carbons (Fsp3) is 0.111. The third-order valence-corrected chi connectivity index (χ3v) is 4.81. The second kappa shape index (κ2) is 7.01. The van der Waals surface area contributed by atoms with Crippen molar-refractivity contribution in [3.05, 3.63) is 66.7 Å². The number of hydrogen-bond acceptors (Lipinski definition) is 5. The van der Waals surface area contributed by atoms with E-state index < -0.39 is 5.97 Å². The molecule has 0 saturated carbocycles. The highest BCUT2D eigenvalue weighted by Crippen LogP contribution is 2.28. The molecule has 0 unspecified atom stereocenters. The standard InChI is InChI=1S/C18H15N5O2S/c24-17(25)12-26-18-21-20-16(11-22-10-4-9-19-22)23(18)15-8-3-6-13-5-1-2-7-14(13)15/h1-10H,11-12H2,(H,24,25). The van der Waals surface area contributed by atoms with Crippen LogP contribution in [-0.4, -0.2) is 41.4 Å². The van der Waals surface area contributed by atoms with Crippen molar-refractivity contribution in [1.82, 2.24) is 24.5 Å². The van der Waals surface area contributed by atoms with Gasteiger partial charge in [0.05, 0.1) is 11.4 Å². The van der Waals surface area contributed by atoms with Gasteiger partial charge < -0.3 is 5.11 Å². The van der Waals surface area contributed by atoms with Gasteiger partial charge in [0.15, 0.2) is 11.0 Å². The minimum Gasteiger partial charge on any atom is -0.481 e. The molecule has 0 aliphatic carbocycles. The lowest BCUT2D eigenvalue weighted by Crippen LogP contribution is -2.09. The normalized spacial score (nSPS) is 11.1. The number of fused-ring (bicyclic) bond motifs is 1. The minimum atomic E-state index is -0.893. The molecule has 2 aromatic heterocycles. The van der Waals surface area contributed by atoms with E-state index in [4.69, 9.17) is 5.11 Å². The van der Waals surface area contributed by atoms with Crippen LogP contribution in [0, 0.1) is 0 Å². The lowest BCUT2D eigenvalue weighted by molar-refractivity contribution is -0.133. The Bertz CT molecular complexity index is 1050. The number of carbonyl (C=O) groups is 1. The van der Waals surface area contributed by atoms with Gasteiger partial charge in [-0.05, 0) is 17.5 Å². The molecule has 0 aliphatic rings. The summed E-state index contributed by atoms with van der Waals surface area (Å²) in [5.41, 5.74) is 0.920. The van der Waals surface area contributed by atoms with Crippen LogP contribution in [0.15, 0.2) is 66.1 Å². The van der Waals surface area contributed by atoms with E-state index in [1.807, 2.05) is 59.3 Å². The zero-order chi connectivity index (χ0) is 17.9. The molecule has 0 fully saturated rings. The third-order valence-electron chi connectivity index (χ3n) is 3.90. The summed E-state index contributed by atoms with van der Waals surface area (Å²) in [5, 5.41) is 24.5. The molecule has 4 rings (SSSR count). The van der Waals surface area contributed by atoms with Gasteiger partial charge in [-0.2, -0.15) is 5.10 Å². The van der Waals surface area contributed by atoms with E-state index in [-0.39, 0.29) is 5.75 Å². The number of aliphatic carboxylic acids is 1. The number of carboxylic acid groups (broad SMARTS) is 1. The van der Waals surface area contributed by atoms with Crippen LogP contribution in [0.4, 0.5) is 0 Å². The lowest BCUT2D eigenvalue weighted by atomic mass is 10.1. The maximum atomic E-state index is 11.0. The minimum absolute atomic E-state index is 0.0787. The fourth-order valence-electron chi connectivity index (χ4n) is 2.81. The van der Waals surface area contributed by atoms with Crippen LogP contribution in [-0.2, 0) is 11.3 Å². The van der Waals surface area contributed by atoms with Gasteiger partial charge in [0.2, 0.25) is 0 Å². The maximum Gasteiger partial charge on any atom is 0.313 e. The van der Waals surface area contributed by atoms with Crippen molar-refractivity contribution >= 4 is 28.5 Å². The molecule has 0 atom stereocenters. The quantitative estimate of drug-likeness (QED) is 0.529. The van der Waals surface area contributed by atoms with E-state index in [0.717, 1.165) is 28.2 Å². The van der Waals surface area contributed by atoms with E-state index >= 15 is 0 Å². The fourth-order valence-corrected chi connectivity index (χ4v) is 3.49. The van der Waals surface area contributed by atoms with Gasteiger partial charge in [-0.25, -0.2) is 0 Å². The molecule has 0 amide bonds. The topological polar surface area (TPSA) is 85.8 Å². The number of carboxylic acids is 1. The van der Waals surface area contributed by atoms with Gasteiger partial charge in [0.25, 0.3) is 0 Å². The molecule has 7 nitrogen and oxygen atoms in total. The van der Waals surface area contributed by atoms with Crippen molar-refractivity contribution in [3.8, 4) is 5.69 Å². The summed E-state index contributed by atoms with van der Waals surface area (Å²) in [6.45, 7) is 0.441. The average molecular weight is 365 g/mol. The molecule has 130 valence electrons. The van der Waals surface area contributed by atoms with Gasteiger partial charge in [-0.3, -0.25) is 14.0 Å². The molecule has 0 spiro atoms. The first-order valence-electron chi connectivity index (χ1n) is 7.97. The van der Waals surface area contributed by atoms with Crippen LogP contribution in [0.5, 0.6) is 0 Å². The van der Waals surface area contributed by atoms with Gasteiger partial charge in [0, 0.05) is 17.8 Å². The molecule has 2 aromatic carbocycles. The summed E-state index contributed by atoms with van der Waals surface area (Å²) >= 11 is 1.15. The van der Waals surface area contributed by atoms with E-state index in [0.29, 0.717) is 17.5 Å². The summed E-state index contributed by atoms with van der Waals surface area (Å²) in [6, 6.07) is 15.9. The number of rotatable bonds is 6. The lowest BCUT2D eigenvalue weighted by Gasteiger charge is -2.13. The first kappa shape index (κ1) is 16.3. The number of benzene rings is 2. The average Bonchev–Trinajstić information content (AvgIpc) is 3.30. The first-order valence-corrected chi connectivity index (χ1v) is 8.95. The van der Waals surface area contributed by atoms with Crippen molar-refractivity contribution in [2.24, 2.45) is 0 Å². The SMILES string of the molecule is O=C(O)CSc1nnc(Cn2cccn2)n1-c1cccc2ccccc12. The molecular weight excluding hydrogens is 350 g/mol. The monoisotopic (exact) mass is 365 g/mol. The maximum absolute atomic E-state index is 11.0. The molecule has 26 heavy (non-hydrogen) atoms. The van der Waals surface area contributed by atoms with E-state index in [1.54, 1.807) is 10.9 Å².